The van der Waals surface area contributed by atoms with Crippen molar-refractivity contribution in [3.8, 4) is 6.07 Å². The van der Waals surface area contributed by atoms with Gasteiger partial charge in [-0.15, -0.1) is 16.7 Å². The van der Waals surface area contributed by atoms with Crippen molar-refractivity contribution >= 4 is 11.6 Å². The summed E-state index contributed by atoms with van der Waals surface area (Å²) < 4.78 is 6.69. The van der Waals surface area contributed by atoms with Crippen molar-refractivity contribution in [2.45, 2.75) is 6.54 Å². The molecule has 1 aromatic heterocycles. The predicted molar refractivity (Wildman–Crippen MR) is 46.3 cm³/mol. The molecule has 5 nitrogen and oxygen atoms in total. The first-order valence-corrected chi connectivity index (χ1v) is 4.33. The highest BCUT2D eigenvalue weighted by Crippen LogP contribution is 1.88. The van der Waals surface area contributed by atoms with Crippen LogP contribution in [-0.4, -0.2) is 33.9 Å². The van der Waals surface area contributed by atoms with Crippen molar-refractivity contribution in [3.05, 3.63) is 12.2 Å². The summed E-state index contributed by atoms with van der Waals surface area (Å²) in [6, 6.07) is 1.84. The van der Waals surface area contributed by atoms with Gasteiger partial charge < -0.3 is 4.74 Å². The van der Waals surface area contributed by atoms with Gasteiger partial charge in [0.15, 0.2) is 0 Å². The number of alkyl halides is 1. The van der Waals surface area contributed by atoms with Crippen molar-refractivity contribution in [2.24, 2.45) is 0 Å². The summed E-state index contributed by atoms with van der Waals surface area (Å²) in [5, 5.41) is 12.3. The third kappa shape index (κ3) is 3.40. The van der Waals surface area contributed by atoms with Crippen LogP contribution in [0.25, 0.3) is 0 Å². The second-order valence-corrected chi connectivity index (χ2v) is 2.62. The number of halogens is 1. The maximum absolute atomic E-state index is 8.42. The molecule has 6 heteroatoms. The molecule has 0 unspecified atom stereocenters. The Hall–Kier alpha value is -1.12. The maximum atomic E-state index is 8.42. The first-order valence-electron chi connectivity index (χ1n) is 3.80. The van der Waals surface area contributed by atoms with Crippen molar-refractivity contribution in [1.82, 2.24) is 14.8 Å². The molecule has 70 valence electrons. The quantitative estimate of drug-likeness (QED) is 0.510. The van der Waals surface area contributed by atoms with E-state index in [4.69, 9.17) is 21.6 Å². The monoisotopic (exact) mass is 200 g/mol. The molecule has 0 amide bonds. The lowest BCUT2D eigenvalue weighted by atomic mass is 10.7. The number of nitrogens with zero attached hydrogens (tertiary/aromatic N) is 4. The van der Waals surface area contributed by atoms with E-state index in [1.807, 2.05) is 6.07 Å². The minimum absolute atomic E-state index is 0.178. The average Bonchev–Trinajstić information content (AvgIpc) is 2.60. The number of nitriles is 1. The lowest BCUT2D eigenvalue weighted by Gasteiger charge is -2.00. The highest BCUT2D eigenvalue weighted by atomic mass is 35.5. The van der Waals surface area contributed by atoms with Crippen LogP contribution in [0.4, 0.5) is 0 Å². The van der Waals surface area contributed by atoms with E-state index in [0.717, 1.165) is 0 Å². The number of hydrogen-bond donors (Lipinski definition) is 0. The molecule has 0 spiro atoms. The number of aromatic nitrogens is 3. The first-order chi connectivity index (χ1) is 6.36. The summed E-state index contributed by atoms with van der Waals surface area (Å²) >= 11 is 5.41. The number of hydrogen-bond acceptors (Lipinski definition) is 4. The lowest BCUT2D eigenvalue weighted by Crippen LogP contribution is -2.07. The summed E-state index contributed by atoms with van der Waals surface area (Å²) in [6.07, 6.45) is 1.50. The molecular weight excluding hydrogens is 192 g/mol. The van der Waals surface area contributed by atoms with Crippen molar-refractivity contribution in [3.63, 3.8) is 0 Å². The molecule has 0 fully saturated rings. The fraction of sp³-hybridized carbons (Fsp3) is 0.571. The van der Waals surface area contributed by atoms with Crippen LogP contribution < -0.4 is 0 Å². The molecule has 1 aromatic rings. The van der Waals surface area contributed by atoms with E-state index in [1.165, 1.54) is 6.33 Å². The predicted octanol–water partition coefficient (Wildman–Crippen LogP) is 0.405. The van der Waals surface area contributed by atoms with Crippen LogP contribution in [0.5, 0.6) is 0 Å². The Morgan fingerprint density at radius 2 is 2.46 bits per heavy atom. The van der Waals surface area contributed by atoms with Gasteiger partial charge in [-0.05, 0) is 0 Å². The topological polar surface area (TPSA) is 63.7 Å². The molecule has 13 heavy (non-hydrogen) atoms. The molecule has 0 aliphatic rings. The molecule has 1 heterocycles. The van der Waals surface area contributed by atoms with Crippen molar-refractivity contribution in [1.29, 1.82) is 5.26 Å². The first kappa shape index (κ1) is 9.96. The molecule has 0 N–H and O–H groups in total. The third-order valence-corrected chi connectivity index (χ3v) is 1.48. The molecule has 0 saturated carbocycles. The molecule has 0 aliphatic heterocycles. The zero-order valence-corrected chi connectivity index (χ0v) is 7.74. The average molecular weight is 201 g/mol. The van der Waals surface area contributed by atoms with Crippen LogP contribution in [0.1, 0.15) is 5.82 Å². The smallest absolute Gasteiger partial charge is 0.252 e. The summed E-state index contributed by atoms with van der Waals surface area (Å²) in [6.45, 7) is 1.65. The SMILES string of the molecule is N#Cc1ncn(CCOCCCl)n1. The van der Waals surface area contributed by atoms with E-state index < -0.39 is 0 Å². The fourth-order valence-corrected chi connectivity index (χ4v) is 0.877. The second-order valence-electron chi connectivity index (χ2n) is 2.24. The van der Waals surface area contributed by atoms with Gasteiger partial charge in [0.05, 0.1) is 19.8 Å². The van der Waals surface area contributed by atoms with Gasteiger partial charge in [-0.1, -0.05) is 0 Å². The lowest BCUT2D eigenvalue weighted by molar-refractivity contribution is 0.138. The maximum Gasteiger partial charge on any atom is 0.252 e. The normalized spacial score (nSPS) is 9.85. The van der Waals surface area contributed by atoms with Crippen LogP contribution in [-0.2, 0) is 11.3 Å². The Bertz CT molecular complexity index is 293. The Balaban J connectivity index is 2.25. The summed E-state index contributed by atoms with van der Waals surface area (Å²) in [4.78, 5) is 3.74. The molecule has 1 rings (SSSR count). The molecule has 0 saturated heterocycles. The van der Waals surface area contributed by atoms with Crippen LogP contribution >= 0.6 is 11.6 Å². The van der Waals surface area contributed by atoms with Gasteiger partial charge in [0.1, 0.15) is 12.4 Å². The summed E-state index contributed by atoms with van der Waals surface area (Å²) in [5.41, 5.74) is 0. The van der Waals surface area contributed by atoms with E-state index in [9.17, 15) is 0 Å². The third-order valence-electron chi connectivity index (χ3n) is 1.32. The van der Waals surface area contributed by atoms with Crippen molar-refractivity contribution in [2.75, 3.05) is 19.1 Å². The molecule has 0 bridgehead atoms. The Morgan fingerprint density at radius 1 is 1.62 bits per heavy atom. The highest BCUT2D eigenvalue weighted by molar-refractivity contribution is 6.17. The van der Waals surface area contributed by atoms with E-state index in [-0.39, 0.29) is 5.82 Å². The molecule has 0 atom stereocenters. The van der Waals surface area contributed by atoms with Crippen LogP contribution in [0.15, 0.2) is 6.33 Å². The summed E-state index contributed by atoms with van der Waals surface area (Å²) in [5.74, 6) is 0.665. The van der Waals surface area contributed by atoms with Gasteiger partial charge in [-0.2, -0.15) is 5.26 Å². The van der Waals surface area contributed by atoms with Crippen LogP contribution in [0, 0.1) is 11.3 Å². The number of rotatable bonds is 5. The molecule has 0 radical (unpaired) electrons. The van der Waals surface area contributed by atoms with Gasteiger partial charge in [-0.25, -0.2) is 9.67 Å². The van der Waals surface area contributed by atoms with Gasteiger partial charge in [0.25, 0.3) is 5.82 Å². The zero-order valence-electron chi connectivity index (χ0n) is 6.98. The van der Waals surface area contributed by atoms with E-state index in [2.05, 4.69) is 10.1 Å². The standard InChI is InChI=1S/C7H9ClN4O/c8-1-3-13-4-2-12-6-10-7(5-9)11-12/h6H,1-4H2. The van der Waals surface area contributed by atoms with Crippen LogP contribution in [0.3, 0.4) is 0 Å². The molecular formula is C7H9ClN4O. The summed E-state index contributed by atoms with van der Waals surface area (Å²) in [7, 11) is 0. The zero-order chi connectivity index (χ0) is 9.52. The van der Waals surface area contributed by atoms with Crippen LogP contribution in [0.2, 0.25) is 0 Å². The van der Waals surface area contributed by atoms with E-state index in [0.29, 0.717) is 25.6 Å². The Kier molecular flexibility index (Phi) is 4.23. The molecule has 0 aliphatic carbocycles. The van der Waals surface area contributed by atoms with Gasteiger partial charge in [0.2, 0.25) is 0 Å². The van der Waals surface area contributed by atoms with E-state index >= 15 is 0 Å². The van der Waals surface area contributed by atoms with Gasteiger partial charge >= 0.3 is 0 Å². The van der Waals surface area contributed by atoms with E-state index in [1.54, 1.807) is 4.68 Å². The Morgan fingerprint density at radius 3 is 3.08 bits per heavy atom. The van der Waals surface area contributed by atoms with Gasteiger partial charge in [-0.3, -0.25) is 0 Å². The fourth-order valence-electron chi connectivity index (χ4n) is 0.768. The minimum atomic E-state index is 0.178. The second kappa shape index (κ2) is 5.51. The Labute approximate surface area is 80.9 Å². The minimum Gasteiger partial charge on any atom is -0.378 e. The number of ether oxygens (including phenoxy) is 1. The largest absolute Gasteiger partial charge is 0.378 e. The van der Waals surface area contributed by atoms with Gasteiger partial charge in [0, 0.05) is 5.88 Å². The molecule has 0 aromatic carbocycles. The highest BCUT2D eigenvalue weighted by Gasteiger charge is 1.97. The van der Waals surface area contributed by atoms with Crippen molar-refractivity contribution < 1.29 is 4.74 Å².